The van der Waals surface area contributed by atoms with Gasteiger partial charge < -0.3 is 9.84 Å². The van der Waals surface area contributed by atoms with E-state index in [1.165, 1.54) is 0 Å². The molecule has 0 spiro atoms. The summed E-state index contributed by atoms with van der Waals surface area (Å²) < 4.78 is 77.3. The molecule has 1 rings (SSSR count). The van der Waals surface area contributed by atoms with Crippen LogP contribution in [0.1, 0.15) is 21.6 Å². The van der Waals surface area contributed by atoms with E-state index in [1.807, 2.05) is 0 Å². The number of alkyl halides is 7. The maximum atomic E-state index is 12.7. The van der Waals surface area contributed by atoms with Gasteiger partial charge in [0.2, 0.25) is 5.88 Å². The second kappa shape index (κ2) is 5.46. The van der Waals surface area contributed by atoms with Crippen molar-refractivity contribution in [3.8, 4) is 5.88 Å². The number of carboxylic acid groups (broad SMARTS) is 1. The molecule has 11 heteroatoms. The van der Waals surface area contributed by atoms with Crippen molar-refractivity contribution in [3.05, 3.63) is 22.9 Å². The maximum absolute atomic E-state index is 12.7. The molecule has 0 unspecified atom stereocenters. The number of pyridine rings is 1. The van der Waals surface area contributed by atoms with Crippen molar-refractivity contribution in [1.82, 2.24) is 4.98 Å². The Hall–Kier alpha value is -1.52. The number of rotatable bonds is 3. The Morgan fingerprint density at radius 1 is 1.30 bits per heavy atom. The van der Waals surface area contributed by atoms with Crippen molar-refractivity contribution >= 4 is 21.9 Å². The summed E-state index contributed by atoms with van der Waals surface area (Å²) in [6, 6.07) is -0.00345. The molecule has 0 atom stereocenters. The average molecular weight is 368 g/mol. The van der Waals surface area contributed by atoms with Gasteiger partial charge in [-0.2, -0.15) is 13.2 Å². The molecule has 1 N–H and O–H groups in total. The number of aromatic carboxylic acids is 1. The minimum Gasteiger partial charge on any atom is -0.476 e. The Kier molecular flexibility index (Phi) is 4.52. The number of aromatic nitrogens is 1. The molecule has 0 saturated heterocycles. The van der Waals surface area contributed by atoms with Crippen molar-refractivity contribution in [1.29, 1.82) is 0 Å². The van der Waals surface area contributed by atoms with Crippen molar-refractivity contribution in [3.63, 3.8) is 0 Å². The largest absolute Gasteiger partial charge is 0.574 e. The maximum Gasteiger partial charge on any atom is 0.574 e. The van der Waals surface area contributed by atoms with Gasteiger partial charge in [0, 0.05) is 17.0 Å². The summed E-state index contributed by atoms with van der Waals surface area (Å²) in [6.45, 7) is 0. The number of carbonyl (C=O) groups is 1. The topological polar surface area (TPSA) is 59.4 Å². The van der Waals surface area contributed by atoms with E-state index >= 15 is 0 Å². The number of carboxylic acids is 1. The molecule has 0 fully saturated rings. The van der Waals surface area contributed by atoms with Crippen LogP contribution in [0.25, 0.3) is 0 Å². The summed E-state index contributed by atoms with van der Waals surface area (Å²) in [5, 5.41) is 8.17. The van der Waals surface area contributed by atoms with Crippen LogP contribution in [0.2, 0.25) is 0 Å². The second-order valence-corrected chi connectivity index (χ2v) is 3.88. The SMILES string of the molecule is O=C(O)c1nc(OC(F)(F)F)cc(C(F)(F)F)c1CBr. The number of ether oxygens (including phenoxy) is 1. The van der Waals surface area contributed by atoms with Gasteiger partial charge in [-0.3, -0.25) is 0 Å². The predicted molar refractivity (Wildman–Crippen MR) is 55.5 cm³/mol. The van der Waals surface area contributed by atoms with E-state index in [0.717, 1.165) is 0 Å². The van der Waals surface area contributed by atoms with Gasteiger partial charge in [-0.25, -0.2) is 9.78 Å². The Morgan fingerprint density at radius 2 is 1.85 bits per heavy atom. The molecular formula is C9H4BrF6NO3. The minimum absolute atomic E-state index is 0.00345. The average Bonchev–Trinajstić information content (AvgIpc) is 2.24. The zero-order valence-corrected chi connectivity index (χ0v) is 10.7. The van der Waals surface area contributed by atoms with Crippen LogP contribution in [-0.2, 0) is 11.5 Å². The lowest BCUT2D eigenvalue weighted by atomic mass is 10.1. The molecule has 1 aromatic rings. The molecule has 0 saturated carbocycles. The van der Waals surface area contributed by atoms with Crippen LogP contribution < -0.4 is 4.74 Å². The normalized spacial score (nSPS) is 12.3. The first-order valence-corrected chi connectivity index (χ1v) is 5.74. The summed E-state index contributed by atoms with van der Waals surface area (Å²) >= 11 is 2.64. The van der Waals surface area contributed by atoms with Gasteiger partial charge in [-0.05, 0) is 0 Å². The van der Waals surface area contributed by atoms with Gasteiger partial charge in [-0.1, -0.05) is 15.9 Å². The fourth-order valence-electron chi connectivity index (χ4n) is 1.28. The molecule has 0 aliphatic rings. The first-order chi connectivity index (χ1) is 8.95. The van der Waals surface area contributed by atoms with Crippen LogP contribution in [0.3, 0.4) is 0 Å². The highest BCUT2D eigenvalue weighted by molar-refractivity contribution is 9.08. The third kappa shape index (κ3) is 3.99. The first kappa shape index (κ1) is 16.5. The van der Waals surface area contributed by atoms with E-state index in [0.29, 0.717) is 0 Å². The third-order valence-electron chi connectivity index (χ3n) is 1.96. The lowest BCUT2D eigenvalue weighted by molar-refractivity contribution is -0.276. The molecule has 0 aliphatic heterocycles. The fourth-order valence-corrected chi connectivity index (χ4v) is 1.85. The zero-order valence-electron chi connectivity index (χ0n) is 9.14. The third-order valence-corrected chi connectivity index (χ3v) is 2.52. The molecular weight excluding hydrogens is 364 g/mol. The highest BCUT2D eigenvalue weighted by Crippen LogP contribution is 2.37. The van der Waals surface area contributed by atoms with Crippen LogP contribution in [0.15, 0.2) is 6.07 Å². The molecule has 0 aromatic carbocycles. The smallest absolute Gasteiger partial charge is 0.476 e. The van der Waals surface area contributed by atoms with Gasteiger partial charge in [0.05, 0.1) is 5.56 Å². The Labute approximate surface area is 115 Å². The Morgan fingerprint density at radius 3 is 2.20 bits per heavy atom. The summed E-state index contributed by atoms with van der Waals surface area (Å²) in [5.74, 6) is -3.40. The second-order valence-electron chi connectivity index (χ2n) is 3.32. The van der Waals surface area contributed by atoms with Crippen LogP contribution in [0.4, 0.5) is 26.3 Å². The van der Waals surface area contributed by atoms with E-state index in [2.05, 4.69) is 25.7 Å². The van der Waals surface area contributed by atoms with Gasteiger partial charge in [0.25, 0.3) is 0 Å². The lowest BCUT2D eigenvalue weighted by Crippen LogP contribution is -2.21. The molecule has 0 amide bonds. The quantitative estimate of drug-likeness (QED) is 0.655. The van der Waals surface area contributed by atoms with Gasteiger partial charge in [0.1, 0.15) is 0 Å². The number of hydrogen-bond acceptors (Lipinski definition) is 3. The Bertz CT molecular complexity index is 528. The minimum atomic E-state index is -5.29. The zero-order chi connectivity index (χ0) is 15.7. The summed E-state index contributed by atoms with van der Waals surface area (Å²) in [7, 11) is 0. The van der Waals surface area contributed by atoms with E-state index in [4.69, 9.17) is 5.11 Å². The van der Waals surface area contributed by atoms with Crippen molar-refractivity contribution in [2.45, 2.75) is 17.9 Å². The summed E-state index contributed by atoms with van der Waals surface area (Å²) in [6.07, 6.45) is -10.3. The highest BCUT2D eigenvalue weighted by Gasteiger charge is 2.39. The monoisotopic (exact) mass is 367 g/mol. The fraction of sp³-hybridized carbons (Fsp3) is 0.333. The predicted octanol–water partition coefficient (Wildman–Crippen LogP) is 3.59. The number of halogens is 7. The molecule has 0 aliphatic carbocycles. The molecule has 20 heavy (non-hydrogen) atoms. The summed E-state index contributed by atoms with van der Waals surface area (Å²) in [4.78, 5) is 13.7. The molecule has 1 aromatic heterocycles. The lowest BCUT2D eigenvalue weighted by Gasteiger charge is -2.16. The van der Waals surface area contributed by atoms with E-state index < -0.39 is 46.5 Å². The van der Waals surface area contributed by atoms with Crippen molar-refractivity contribution < 1.29 is 41.0 Å². The first-order valence-electron chi connectivity index (χ1n) is 4.62. The number of hydrogen-bond donors (Lipinski definition) is 1. The highest BCUT2D eigenvalue weighted by atomic mass is 79.9. The summed E-state index contributed by atoms with van der Waals surface area (Å²) in [5.41, 5.74) is -3.53. The molecule has 112 valence electrons. The van der Waals surface area contributed by atoms with Crippen molar-refractivity contribution in [2.75, 3.05) is 0 Å². The van der Waals surface area contributed by atoms with Crippen LogP contribution in [0, 0.1) is 0 Å². The van der Waals surface area contributed by atoms with Crippen LogP contribution in [-0.4, -0.2) is 22.4 Å². The van der Waals surface area contributed by atoms with E-state index in [1.54, 1.807) is 0 Å². The standard InChI is InChI=1S/C9H4BrF6NO3/c10-2-3-4(8(11,12)13)1-5(20-9(14,15)16)17-6(3)7(18)19/h1H,2H2,(H,18,19). The van der Waals surface area contributed by atoms with Crippen LogP contribution in [0.5, 0.6) is 5.88 Å². The van der Waals surface area contributed by atoms with Crippen LogP contribution >= 0.6 is 15.9 Å². The van der Waals surface area contributed by atoms with Gasteiger partial charge >= 0.3 is 18.5 Å². The van der Waals surface area contributed by atoms with E-state index in [-0.39, 0.29) is 6.07 Å². The Balaban J connectivity index is 3.52. The molecule has 0 bridgehead atoms. The molecule has 4 nitrogen and oxygen atoms in total. The van der Waals surface area contributed by atoms with E-state index in [9.17, 15) is 31.1 Å². The van der Waals surface area contributed by atoms with Gasteiger partial charge in [-0.15, -0.1) is 13.2 Å². The van der Waals surface area contributed by atoms with Gasteiger partial charge in [0.15, 0.2) is 5.69 Å². The van der Waals surface area contributed by atoms with Crippen molar-refractivity contribution in [2.24, 2.45) is 0 Å². The number of nitrogens with zero attached hydrogens (tertiary/aromatic N) is 1. The molecule has 0 radical (unpaired) electrons. The molecule has 1 heterocycles.